The SMILES string of the molecule is CC[Te](Cl)(Cl)c1ccc(C)cc1. The summed E-state index contributed by atoms with van der Waals surface area (Å²) in [6.45, 7) is 4.12. The fraction of sp³-hybridized carbons (Fsp3) is 0.333. The number of halogens is 2. The molecule has 0 spiro atoms. The average molecular weight is 319 g/mol. The molecule has 3 heteroatoms. The molecule has 68 valence electrons. The van der Waals surface area contributed by atoms with Gasteiger partial charge in [0.1, 0.15) is 0 Å². The van der Waals surface area contributed by atoms with Crippen LogP contribution < -0.4 is 3.61 Å². The van der Waals surface area contributed by atoms with E-state index >= 15 is 0 Å². The van der Waals surface area contributed by atoms with Gasteiger partial charge in [-0.15, -0.1) is 0 Å². The zero-order valence-corrected chi connectivity index (χ0v) is 11.0. The minimum atomic E-state index is -2.65. The number of hydrogen-bond donors (Lipinski definition) is 0. The van der Waals surface area contributed by atoms with E-state index in [0.29, 0.717) is 0 Å². The molecule has 0 saturated carbocycles. The summed E-state index contributed by atoms with van der Waals surface area (Å²) < 4.78 is 2.07. The Balaban J connectivity index is 2.96. The summed E-state index contributed by atoms with van der Waals surface area (Å²) in [4.78, 5) is 0. The third-order valence-electron chi connectivity index (χ3n) is 1.73. The van der Waals surface area contributed by atoms with E-state index in [0.717, 1.165) is 8.08 Å². The molecule has 0 aliphatic rings. The Hall–Kier alpha value is 0.590. The predicted molar refractivity (Wildman–Crippen MR) is 58.8 cm³/mol. The molecule has 12 heavy (non-hydrogen) atoms. The molecule has 0 saturated heterocycles. The van der Waals surface area contributed by atoms with Gasteiger partial charge in [-0.1, -0.05) is 0 Å². The molecule has 1 aromatic rings. The van der Waals surface area contributed by atoms with Crippen molar-refractivity contribution in [2.24, 2.45) is 0 Å². The number of benzene rings is 1. The normalized spacial score (nSPS) is 13.0. The van der Waals surface area contributed by atoms with Crippen molar-refractivity contribution in [1.82, 2.24) is 0 Å². The number of rotatable bonds is 2. The third kappa shape index (κ3) is 2.54. The van der Waals surface area contributed by atoms with Gasteiger partial charge in [0.2, 0.25) is 0 Å². The Kier molecular flexibility index (Phi) is 3.73. The van der Waals surface area contributed by atoms with Crippen LogP contribution in [0.15, 0.2) is 24.3 Å². The maximum atomic E-state index is 6.25. The standard InChI is InChI=1S/C9H12Cl2Te/c1-3-12(10,11)9-6-4-8(2)5-7-9/h4-7H,3H2,1-2H3. The zero-order valence-electron chi connectivity index (χ0n) is 7.18. The van der Waals surface area contributed by atoms with E-state index in [9.17, 15) is 0 Å². The van der Waals surface area contributed by atoms with Crippen LogP contribution >= 0.6 is 17.9 Å². The van der Waals surface area contributed by atoms with Crippen LogP contribution in [-0.2, 0) is 0 Å². The molecule has 1 aromatic carbocycles. The molecule has 0 nitrogen and oxygen atoms in total. The van der Waals surface area contributed by atoms with Gasteiger partial charge in [-0.05, 0) is 0 Å². The van der Waals surface area contributed by atoms with Gasteiger partial charge in [0, 0.05) is 0 Å². The van der Waals surface area contributed by atoms with Gasteiger partial charge >= 0.3 is 85.6 Å². The molecule has 0 unspecified atom stereocenters. The van der Waals surface area contributed by atoms with Crippen molar-refractivity contribution in [3.8, 4) is 0 Å². The van der Waals surface area contributed by atoms with Crippen molar-refractivity contribution in [1.29, 1.82) is 0 Å². The van der Waals surface area contributed by atoms with E-state index in [4.69, 9.17) is 17.9 Å². The molecule has 0 aromatic heterocycles. The van der Waals surface area contributed by atoms with E-state index in [1.807, 2.05) is 0 Å². The summed E-state index contributed by atoms with van der Waals surface area (Å²) in [5, 5.41) is 0. The Morgan fingerprint density at radius 2 is 1.67 bits per heavy atom. The van der Waals surface area contributed by atoms with Crippen molar-refractivity contribution < 1.29 is 0 Å². The van der Waals surface area contributed by atoms with Crippen LogP contribution in [0.5, 0.6) is 0 Å². The molecule has 0 N–H and O–H groups in total. The molecule has 1 rings (SSSR count). The first kappa shape index (κ1) is 10.7. The second-order valence-electron chi connectivity index (χ2n) is 2.68. The summed E-state index contributed by atoms with van der Waals surface area (Å²) in [7, 11) is 12.5. The monoisotopic (exact) mass is 320 g/mol. The van der Waals surface area contributed by atoms with Crippen LogP contribution in [0, 0.1) is 6.92 Å². The third-order valence-corrected chi connectivity index (χ3v) is 11.9. The Labute approximate surface area is 85.2 Å². The summed E-state index contributed by atoms with van der Waals surface area (Å²) in [6.07, 6.45) is 0. The summed E-state index contributed by atoms with van der Waals surface area (Å²) in [5.74, 6) is 0. The second-order valence-corrected chi connectivity index (χ2v) is 17.1. The van der Waals surface area contributed by atoms with E-state index in [2.05, 4.69) is 38.1 Å². The molecule has 0 amide bonds. The Morgan fingerprint density at radius 1 is 1.17 bits per heavy atom. The molecule has 0 atom stereocenters. The van der Waals surface area contributed by atoms with Gasteiger partial charge in [-0.3, -0.25) is 0 Å². The summed E-state index contributed by atoms with van der Waals surface area (Å²) in [5.41, 5.74) is 1.25. The average Bonchev–Trinajstić information content (AvgIpc) is 2.05. The molecule has 0 aliphatic carbocycles. The van der Waals surface area contributed by atoms with Crippen LogP contribution in [0.1, 0.15) is 12.5 Å². The van der Waals surface area contributed by atoms with Crippen LogP contribution in [0.25, 0.3) is 0 Å². The topological polar surface area (TPSA) is 0 Å². The second kappa shape index (κ2) is 4.20. The van der Waals surface area contributed by atoms with Gasteiger partial charge in [-0.25, -0.2) is 0 Å². The van der Waals surface area contributed by atoms with E-state index < -0.39 is 15.9 Å². The van der Waals surface area contributed by atoms with E-state index in [1.54, 1.807) is 0 Å². The van der Waals surface area contributed by atoms with E-state index in [1.165, 1.54) is 5.56 Å². The Bertz CT molecular complexity index is 254. The fourth-order valence-corrected chi connectivity index (χ4v) is 4.76. The van der Waals surface area contributed by atoms with Crippen molar-refractivity contribution in [2.75, 3.05) is 0 Å². The number of hydrogen-bond acceptors (Lipinski definition) is 0. The number of aryl methyl sites for hydroxylation is 1. The molecular formula is C9H12Cl2Te. The molecular weight excluding hydrogens is 307 g/mol. The van der Waals surface area contributed by atoms with E-state index in [-0.39, 0.29) is 0 Å². The van der Waals surface area contributed by atoms with Crippen LogP contribution in [0.4, 0.5) is 0 Å². The van der Waals surface area contributed by atoms with Crippen LogP contribution in [0.2, 0.25) is 4.47 Å². The summed E-state index contributed by atoms with van der Waals surface area (Å²) in [6, 6.07) is 8.24. The van der Waals surface area contributed by atoms with Crippen molar-refractivity contribution in [3.63, 3.8) is 0 Å². The van der Waals surface area contributed by atoms with Gasteiger partial charge in [0.15, 0.2) is 0 Å². The quantitative estimate of drug-likeness (QED) is 0.735. The van der Waals surface area contributed by atoms with Crippen LogP contribution in [0.3, 0.4) is 0 Å². The molecule has 0 heterocycles. The minimum absolute atomic E-state index is 0.911. The van der Waals surface area contributed by atoms with Gasteiger partial charge in [0.05, 0.1) is 0 Å². The summed E-state index contributed by atoms with van der Waals surface area (Å²) >= 11 is -2.65. The van der Waals surface area contributed by atoms with Crippen LogP contribution in [-0.4, -0.2) is 15.9 Å². The zero-order chi connectivity index (χ0) is 9.19. The molecule has 0 radical (unpaired) electrons. The Morgan fingerprint density at radius 3 is 2.08 bits per heavy atom. The first-order valence-corrected chi connectivity index (χ1v) is 12.5. The van der Waals surface area contributed by atoms with Crippen molar-refractivity contribution >= 4 is 37.5 Å². The van der Waals surface area contributed by atoms with Gasteiger partial charge < -0.3 is 0 Å². The molecule has 0 aliphatic heterocycles. The predicted octanol–water partition coefficient (Wildman–Crippen LogP) is 3.14. The fourth-order valence-electron chi connectivity index (χ4n) is 0.904. The van der Waals surface area contributed by atoms with Crippen molar-refractivity contribution in [3.05, 3.63) is 29.8 Å². The molecule has 0 bridgehead atoms. The first-order valence-electron chi connectivity index (χ1n) is 3.83. The maximum absolute atomic E-state index is 6.25. The van der Waals surface area contributed by atoms with Gasteiger partial charge in [-0.2, -0.15) is 0 Å². The van der Waals surface area contributed by atoms with Crippen molar-refractivity contribution in [2.45, 2.75) is 18.3 Å². The molecule has 0 fully saturated rings. The van der Waals surface area contributed by atoms with Gasteiger partial charge in [0.25, 0.3) is 0 Å². The first-order chi connectivity index (χ1) is 5.56.